The third-order valence-corrected chi connectivity index (χ3v) is 4.02. The molecule has 0 radical (unpaired) electrons. The predicted octanol–water partition coefficient (Wildman–Crippen LogP) is 3.19. The molecule has 1 aromatic rings. The summed E-state index contributed by atoms with van der Waals surface area (Å²) in [4.78, 5) is 14.2. The van der Waals surface area contributed by atoms with Crippen LogP contribution >= 0.6 is 23.2 Å². The molecule has 1 heterocycles. The maximum Gasteiger partial charge on any atom is 0.253 e. The zero-order valence-electron chi connectivity index (χ0n) is 10.7. The van der Waals surface area contributed by atoms with Crippen molar-refractivity contribution in [1.29, 1.82) is 0 Å². The molecule has 0 atom stereocenters. The van der Waals surface area contributed by atoms with Crippen molar-refractivity contribution in [3.63, 3.8) is 0 Å². The summed E-state index contributed by atoms with van der Waals surface area (Å²) in [6.07, 6.45) is 3.10. The number of nitrogens with zero attached hydrogens (tertiary/aromatic N) is 1. The molecule has 3 nitrogen and oxygen atoms in total. The Kier molecular flexibility index (Phi) is 5.08. The van der Waals surface area contributed by atoms with Gasteiger partial charge in [0.15, 0.2) is 0 Å². The molecule has 0 saturated carbocycles. The Hall–Kier alpha value is -0.770. The second kappa shape index (κ2) is 6.60. The van der Waals surface area contributed by atoms with Crippen LogP contribution in [0.4, 0.5) is 0 Å². The summed E-state index contributed by atoms with van der Waals surface area (Å²) in [5, 5.41) is 0.989. The summed E-state index contributed by atoms with van der Waals surface area (Å²) in [5.74, 6) is 0.660. The molecule has 0 bridgehead atoms. The summed E-state index contributed by atoms with van der Waals surface area (Å²) >= 11 is 11.9. The number of piperidine rings is 1. The quantitative estimate of drug-likeness (QED) is 0.932. The van der Waals surface area contributed by atoms with Crippen LogP contribution in [-0.4, -0.2) is 30.4 Å². The largest absolute Gasteiger partial charge is 0.339 e. The van der Waals surface area contributed by atoms with E-state index in [0.717, 1.165) is 38.9 Å². The number of carbonyl (C=O) groups is 1. The summed E-state index contributed by atoms with van der Waals surface area (Å²) in [5.41, 5.74) is 6.13. The van der Waals surface area contributed by atoms with Crippen molar-refractivity contribution in [1.82, 2.24) is 4.90 Å². The maximum absolute atomic E-state index is 12.4. The number of rotatable bonds is 3. The van der Waals surface area contributed by atoms with E-state index in [0.29, 0.717) is 21.5 Å². The Morgan fingerprint density at radius 3 is 2.32 bits per heavy atom. The predicted molar refractivity (Wildman–Crippen MR) is 78.8 cm³/mol. The number of likely N-dealkylation sites (tertiary alicyclic amines) is 1. The fourth-order valence-corrected chi connectivity index (χ4v) is 3.05. The molecule has 1 amide bonds. The highest BCUT2D eigenvalue weighted by Gasteiger charge is 2.23. The highest BCUT2D eigenvalue weighted by atomic mass is 35.5. The van der Waals surface area contributed by atoms with Crippen molar-refractivity contribution in [2.45, 2.75) is 19.3 Å². The van der Waals surface area contributed by atoms with E-state index >= 15 is 0 Å². The Labute approximate surface area is 123 Å². The maximum atomic E-state index is 12.4. The molecule has 2 N–H and O–H groups in total. The average Bonchev–Trinajstić information content (AvgIpc) is 2.38. The van der Waals surface area contributed by atoms with Gasteiger partial charge in [0.2, 0.25) is 0 Å². The van der Waals surface area contributed by atoms with Gasteiger partial charge in [0.25, 0.3) is 5.91 Å². The van der Waals surface area contributed by atoms with E-state index in [1.54, 1.807) is 18.2 Å². The lowest BCUT2D eigenvalue weighted by Crippen LogP contribution is -2.38. The lowest BCUT2D eigenvalue weighted by atomic mass is 9.93. The lowest BCUT2D eigenvalue weighted by molar-refractivity contribution is 0.0688. The molecule has 2 rings (SSSR count). The standard InChI is InChI=1S/C14H18Cl2N2O/c15-12-7-11(8-13(16)9-12)14(19)18-5-2-10(1-4-17)3-6-18/h7-10H,1-6,17H2. The number of amides is 1. The first-order valence-electron chi connectivity index (χ1n) is 6.55. The minimum absolute atomic E-state index is 0.00981. The molecule has 1 aliphatic rings. The molecule has 1 saturated heterocycles. The minimum atomic E-state index is 0.00981. The van der Waals surface area contributed by atoms with Gasteiger partial charge < -0.3 is 10.6 Å². The SMILES string of the molecule is NCCC1CCN(C(=O)c2cc(Cl)cc(Cl)c2)CC1. The summed E-state index contributed by atoms with van der Waals surface area (Å²) < 4.78 is 0. The Balaban J connectivity index is 2.01. The smallest absolute Gasteiger partial charge is 0.253 e. The Morgan fingerprint density at radius 1 is 1.21 bits per heavy atom. The first kappa shape index (κ1) is 14.6. The van der Waals surface area contributed by atoms with E-state index in [4.69, 9.17) is 28.9 Å². The van der Waals surface area contributed by atoms with Crippen LogP contribution in [0.25, 0.3) is 0 Å². The van der Waals surface area contributed by atoms with Gasteiger partial charge >= 0.3 is 0 Å². The summed E-state index contributed by atoms with van der Waals surface area (Å²) in [6.45, 7) is 2.30. The van der Waals surface area contributed by atoms with Crippen LogP contribution in [0.5, 0.6) is 0 Å². The second-order valence-electron chi connectivity index (χ2n) is 4.97. The van der Waals surface area contributed by atoms with Gasteiger partial charge in [-0.15, -0.1) is 0 Å². The molecule has 1 fully saturated rings. The molecule has 0 unspecified atom stereocenters. The topological polar surface area (TPSA) is 46.3 Å². The molecular formula is C14H18Cl2N2O. The zero-order chi connectivity index (χ0) is 13.8. The van der Waals surface area contributed by atoms with Gasteiger partial charge in [-0.1, -0.05) is 23.2 Å². The van der Waals surface area contributed by atoms with E-state index in [1.165, 1.54) is 0 Å². The van der Waals surface area contributed by atoms with Crippen molar-refractivity contribution in [3.8, 4) is 0 Å². The van der Waals surface area contributed by atoms with Gasteiger partial charge in [0.1, 0.15) is 0 Å². The molecule has 104 valence electrons. The minimum Gasteiger partial charge on any atom is -0.339 e. The summed E-state index contributed by atoms with van der Waals surface area (Å²) in [6, 6.07) is 4.97. The lowest BCUT2D eigenvalue weighted by Gasteiger charge is -2.32. The van der Waals surface area contributed by atoms with E-state index in [2.05, 4.69) is 0 Å². The Bertz CT molecular complexity index is 437. The fourth-order valence-electron chi connectivity index (χ4n) is 2.52. The third-order valence-electron chi connectivity index (χ3n) is 3.59. The van der Waals surface area contributed by atoms with E-state index in [1.807, 2.05) is 4.90 Å². The summed E-state index contributed by atoms with van der Waals surface area (Å²) in [7, 11) is 0. The first-order chi connectivity index (χ1) is 9.10. The molecular weight excluding hydrogens is 283 g/mol. The molecule has 1 aliphatic heterocycles. The van der Waals surface area contributed by atoms with Crippen molar-refractivity contribution in [2.24, 2.45) is 11.7 Å². The zero-order valence-corrected chi connectivity index (χ0v) is 12.3. The van der Waals surface area contributed by atoms with Gasteiger partial charge in [0, 0.05) is 28.7 Å². The second-order valence-corrected chi connectivity index (χ2v) is 5.84. The monoisotopic (exact) mass is 300 g/mol. The number of carbonyl (C=O) groups excluding carboxylic acids is 1. The van der Waals surface area contributed by atoms with E-state index < -0.39 is 0 Å². The van der Waals surface area contributed by atoms with Crippen LogP contribution < -0.4 is 5.73 Å². The van der Waals surface area contributed by atoms with Crippen molar-refractivity contribution in [3.05, 3.63) is 33.8 Å². The molecule has 0 aliphatic carbocycles. The van der Waals surface area contributed by atoms with Crippen LogP contribution in [-0.2, 0) is 0 Å². The van der Waals surface area contributed by atoms with Gasteiger partial charge in [-0.3, -0.25) is 4.79 Å². The molecule has 1 aromatic carbocycles. The molecule has 19 heavy (non-hydrogen) atoms. The number of benzene rings is 1. The van der Waals surface area contributed by atoms with E-state index in [9.17, 15) is 4.79 Å². The van der Waals surface area contributed by atoms with Crippen LogP contribution in [0, 0.1) is 5.92 Å². The van der Waals surface area contributed by atoms with Gasteiger partial charge in [0.05, 0.1) is 0 Å². The number of nitrogens with two attached hydrogens (primary N) is 1. The van der Waals surface area contributed by atoms with Crippen LogP contribution in [0.1, 0.15) is 29.6 Å². The highest BCUT2D eigenvalue weighted by molar-refractivity contribution is 6.35. The normalized spacial score (nSPS) is 16.7. The molecule has 0 aromatic heterocycles. The molecule has 0 spiro atoms. The Morgan fingerprint density at radius 2 is 1.79 bits per heavy atom. The van der Waals surface area contributed by atoms with Crippen LogP contribution in [0.15, 0.2) is 18.2 Å². The fraction of sp³-hybridized carbons (Fsp3) is 0.500. The van der Waals surface area contributed by atoms with Crippen molar-refractivity contribution < 1.29 is 4.79 Å². The first-order valence-corrected chi connectivity index (χ1v) is 7.31. The molecule has 5 heteroatoms. The van der Waals surface area contributed by atoms with Crippen LogP contribution in [0.3, 0.4) is 0 Å². The van der Waals surface area contributed by atoms with Gasteiger partial charge in [-0.25, -0.2) is 0 Å². The average molecular weight is 301 g/mol. The van der Waals surface area contributed by atoms with Crippen molar-refractivity contribution >= 4 is 29.1 Å². The van der Waals surface area contributed by atoms with Gasteiger partial charge in [-0.05, 0) is 49.9 Å². The van der Waals surface area contributed by atoms with E-state index in [-0.39, 0.29) is 5.91 Å². The van der Waals surface area contributed by atoms with Crippen molar-refractivity contribution in [2.75, 3.05) is 19.6 Å². The third kappa shape index (κ3) is 3.85. The van der Waals surface area contributed by atoms with Gasteiger partial charge in [-0.2, -0.15) is 0 Å². The van der Waals surface area contributed by atoms with Crippen LogP contribution in [0.2, 0.25) is 10.0 Å². The number of hydrogen-bond acceptors (Lipinski definition) is 2. The number of hydrogen-bond donors (Lipinski definition) is 1. The number of halogens is 2. The highest BCUT2D eigenvalue weighted by Crippen LogP contribution is 2.24.